The minimum Gasteiger partial charge on any atom is -0.481 e. The summed E-state index contributed by atoms with van der Waals surface area (Å²) in [6.07, 6.45) is 5.17. The summed E-state index contributed by atoms with van der Waals surface area (Å²) in [5, 5.41) is 23.2. The Kier molecular flexibility index (Phi) is 4.01. The molecule has 1 aliphatic rings. The Bertz CT molecular complexity index is 604. The fourth-order valence-corrected chi connectivity index (χ4v) is 3.48. The highest BCUT2D eigenvalue weighted by Gasteiger charge is 2.45. The molecule has 1 N–H and O–H groups in total. The fourth-order valence-electron chi connectivity index (χ4n) is 2.73. The normalized spacial score (nSPS) is 16.6. The Morgan fingerprint density at radius 2 is 2.29 bits per heavy atom. The van der Waals surface area contributed by atoms with Gasteiger partial charge in [-0.05, 0) is 47.6 Å². The first kappa shape index (κ1) is 14.2. The molecule has 0 unspecified atom stereocenters. The lowest BCUT2D eigenvalue weighted by Crippen LogP contribution is -2.42. The van der Waals surface area contributed by atoms with Crippen LogP contribution < -0.4 is 0 Å². The number of carbonyl (C=O) groups is 1. The molecule has 1 aliphatic carbocycles. The summed E-state index contributed by atoms with van der Waals surface area (Å²) >= 11 is 1.75. The number of nitrogens with zero attached hydrogens (tertiary/aromatic N) is 4. The van der Waals surface area contributed by atoms with Crippen molar-refractivity contribution >= 4 is 17.3 Å². The van der Waals surface area contributed by atoms with Gasteiger partial charge in [0.2, 0.25) is 0 Å². The second-order valence-electron chi connectivity index (χ2n) is 5.62. The summed E-state index contributed by atoms with van der Waals surface area (Å²) in [7, 11) is 0. The number of hydrogen-bond acceptors (Lipinski definition) is 5. The standard InChI is InChI=1S/C14H18N4O2S/c19-13(20)14(7-3-8-14)10-18-12(15-16-17-18)6-1-4-11-5-2-9-21-11/h2,5,9H,1,3-4,6-8,10H2,(H,19,20). The zero-order chi connectivity index (χ0) is 14.7. The third-order valence-corrected chi connectivity index (χ3v) is 5.16. The number of aromatic nitrogens is 4. The molecule has 0 aromatic carbocycles. The third kappa shape index (κ3) is 2.97. The first-order chi connectivity index (χ1) is 10.2. The number of carboxylic acids is 1. The Morgan fingerprint density at radius 1 is 1.43 bits per heavy atom. The molecular formula is C14H18N4O2S. The van der Waals surface area contributed by atoms with E-state index in [1.54, 1.807) is 16.0 Å². The highest BCUT2D eigenvalue weighted by molar-refractivity contribution is 7.09. The van der Waals surface area contributed by atoms with Crippen LogP contribution in [-0.4, -0.2) is 31.3 Å². The van der Waals surface area contributed by atoms with Crippen molar-refractivity contribution < 1.29 is 9.90 Å². The SMILES string of the molecule is O=C(O)C1(Cn2nnnc2CCCc2cccs2)CCC1. The molecule has 6 nitrogen and oxygen atoms in total. The van der Waals surface area contributed by atoms with Crippen LogP contribution in [0.15, 0.2) is 17.5 Å². The molecule has 3 rings (SSSR count). The molecule has 1 saturated carbocycles. The van der Waals surface area contributed by atoms with Gasteiger partial charge in [0.25, 0.3) is 0 Å². The maximum Gasteiger partial charge on any atom is 0.311 e. The molecule has 2 heterocycles. The molecule has 2 aromatic rings. The second kappa shape index (κ2) is 5.93. The van der Waals surface area contributed by atoms with E-state index in [1.165, 1.54) is 4.88 Å². The van der Waals surface area contributed by atoms with Crippen LogP contribution in [0.5, 0.6) is 0 Å². The van der Waals surface area contributed by atoms with E-state index < -0.39 is 11.4 Å². The van der Waals surface area contributed by atoms with Gasteiger partial charge in [-0.3, -0.25) is 4.79 Å². The summed E-state index contributed by atoms with van der Waals surface area (Å²) in [4.78, 5) is 12.8. The Morgan fingerprint density at radius 3 is 2.90 bits per heavy atom. The van der Waals surface area contributed by atoms with E-state index in [1.807, 2.05) is 0 Å². The number of carboxylic acid groups (broad SMARTS) is 1. The van der Waals surface area contributed by atoms with Gasteiger partial charge in [0, 0.05) is 11.3 Å². The van der Waals surface area contributed by atoms with Gasteiger partial charge >= 0.3 is 5.97 Å². The molecule has 2 aromatic heterocycles. The zero-order valence-corrected chi connectivity index (χ0v) is 12.6. The zero-order valence-electron chi connectivity index (χ0n) is 11.7. The number of thiophene rings is 1. The van der Waals surface area contributed by atoms with Crippen molar-refractivity contribution in [2.75, 3.05) is 0 Å². The van der Waals surface area contributed by atoms with Gasteiger partial charge in [-0.25, -0.2) is 4.68 Å². The fraction of sp³-hybridized carbons (Fsp3) is 0.571. The van der Waals surface area contributed by atoms with E-state index in [0.717, 1.165) is 44.3 Å². The average molecular weight is 306 g/mol. The van der Waals surface area contributed by atoms with E-state index in [0.29, 0.717) is 6.54 Å². The summed E-state index contributed by atoms with van der Waals surface area (Å²) < 4.78 is 1.68. The van der Waals surface area contributed by atoms with Crippen LogP contribution >= 0.6 is 11.3 Å². The number of aliphatic carboxylic acids is 1. The Hall–Kier alpha value is -1.76. The van der Waals surface area contributed by atoms with Gasteiger partial charge in [0.05, 0.1) is 12.0 Å². The topological polar surface area (TPSA) is 80.9 Å². The van der Waals surface area contributed by atoms with Crippen molar-refractivity contribution in [2.45, 2.75) is 45.1 Å². The molecule has 0 spiro atoms. The largest absolute Gasteiger partial charge is 0.481 e. The van der Waals surface area contributed by atoms with E-state index in [-0.39, 0.29) is 0 Å². The average Bonchev–Trinajstić information content (AvgIpc) is 3.05. The van der Waals surface area contributed by atoms with Gasteiger partial charge in [0.15, 0.2) is 5.82 Å². The van der Waals surface area contributed by atoms with Gasteiger partial charge in [-0.2, -0.15) is 0 Å². The number of hydrogen-bond donors (Lipinski definition) is 1. The summed E-state index contributed by atoms with van der Waals surface area (Å²) in [6, 6.07) is 4.18. The van der Waals surface area contributed by atoms with Crippen LogP contribution in [0, 0.1) is 5.41 Å². The highest BCUT2D eigenvalue weighted by atomic mass is 32.1. The number of tetrazole rings is 1. The van der Waals surface area contributed by atoms with Crippen LogP contribution in [-0.2, 0) is 24.2 Å². The number of rotatable bonds is 7. The Labute approximate surface area is 126 Å². The van der Waals surface area contributed by atoms with Gasteiger partial charge in [-0.1, -0.05) is 12.5 Å². The molecule has 112 valence electrons. The van der Waals surface area contributed by atoms with Crippen LogP contribution in [0.1, 0.15) is 36.4 Å². The summed E-state index contributed by atoms with van der Waals surface area (Å²) in [5.41, 5.74) is -0.655. The monoisotopic (exact) mass is 306 g/mol. The molecule has 0 atom stereocenters. The van der Waals surface area contributed by atoms with Crippen molar-refractivity contribution in [3.05, 3.63) is 28.2 Å². The van der Waals surface area contributed by atoms with Crippen LogP contribution in [0.4, 0.5) is 0 Å². The smallest absolute Gasteiger partial charge is 0.311 e. The van der Waals surface area contributed by atoms with Crippen LogP contribution in [0.25, 0.3) is 0 Å². The van der Waals surface area contributed by atoms with Gasteiger partial charge in [0.1, 0.15) is 0 Å². The van der Waals surface area contributed by atoms with Crippen molar-refractivity contribution in [2.24, 2.45) is 5.41 Å². The molecule has 0 bridgehead atoms. The van der Waals surface area contributed by atoms with Crippen molar-refractivity contribution in [1.29, 1.82) is 0 Å². The van der Waals surface area contributed by atoms with Crippen LogP contribution in [0.2, 0.25) is 0 Å². The molecule has 1 fully saturated rings. The van der Waals surface area contributed by atoms with E-state index >= 15 is 0 Å². The minimum absolute atomic E-state index is 0.393. The molecule has 21 heavy (non-hydrogen) atoms. The summed E-state index contributed by atoms with van der Waals surface area (Å²) in [6.45, 7) is 0.393. The van der Waals surface area contributed by atoms with Gasteiger partial charge < -0.3 is 5.11 Å². The summed E-state index contributed by atoms with van der Waals surface area (Å²) in [5.74, 6) is 0.0628. The first-order valence-electron chi connectivity index (χ1n) is 7.20. The predicted octanol–water partition coefficient (Wildman–Crippen LogP) is 2.16. The lowest BCUT2D eigenvalue weighted by Gasteiger charge is -2.37. The molecular weight excluding hydrogens is 288 g/mol. The van der Waals surface area contributed by atoms with E-state index in [2.05, 4.69) is 33.0 Å². The second-order valence-corrected chi connectivity index (χ2v) is 6.66. The Balaban J connectivity index is 1.60. The minimum atomic E-state index is -0.728. The highest BCUT2D eigenvalue weighted by Crippen LogP contribution is 2.42. The van der Waals surface area contributed by atoms with Crippen molar-refractivity contribution in [1.82, 2.24) is 20.2 Å². The maximum absolute atomic E-state index is 11.4. The van der Waals surface area contributed by atoms with Crippen molar-refractivity contribution in [3.63, 3.8) is 0 Å². The molecule has 0 aliphatic heterocycles. The number of aryl methyl sites for hydroxylation is 2. The van der Waals surface area contributed by atoms with Crippen molar-refractivity contribution in [3.8, 4) is 0 Å². The maximum atomic E-state index is 11.4. The molecule has 7 heteroatoms. The van der Waals surface area contributed by atoms with Crippen LogP contribution in [0.3, 0.4) is 0 Å². The third-order valence-electron chi connectivity index (χ3n) is 4.23. The lowest BCUT2D eigenvalue weighted by molar-refractivity contribution is -0.156. The quantitative estimate of drug-likeness (QED) is 0.848. The van der Waals surface area contributed by atoms with Gasteiger partial charge in [-0.15, -0.1) is 16.4 Å². The molecule has 0 amide bonds. The molecule has 0 radical (unpaired) electrons. The predicted molar refractivity (Wildman–Crippen MR) is 78.1 cm³/mol. The molecule has 0 saturated heterocycles. The van der Waals surface area contributed by atoms with E-state index in [4.69, 9.17) is 0 Å². The lowest BCUT2D eigenvalue weighted by atomic mass is 9.69. The first-order valence-corrected chi connectivity index (χ1v) is 8.08. The van der Waals surface area contributed by atoms with E-state index in [9.17, 15) is 9.90 Å².